The molecule has 0 aliphatic rings. The maximum absolute atomic E-state index is 14.3. The SMILES string of the molecule is CC(C)Sc1cccc(-c2cc(F)c(NCCCCC(=O)O)c(F)c2)n1. The minimum Gasteiger partial charge on any atom is -0.481 e. The summed E-state index contributed by atoms with van der Waals surface area (Å²) in [5.74, 6) is -2.26. The van der Waals surface area contributed by atoms with Crippen LogP contribution < -0.4 is 5.32 Å². The quantitative estimate of drug-likeness (QED) is 0.463. The predicted octanol–water partition coefficient (Wildman–Crippen LogP) is 5.19. The summed E-state index contributed by atoms with van der Waals surface area (Å²) in [4.78, 5) is 14.9. The van der Waals surface area contributed by atoms with Crippen LogP contribution >= 0.6 is 11.8 Å². The number of thioether (sulfide) groups is 1. The van der Waals surface area contributed by atoms with Gasteiger partial charge in [-0.05, 0) is 37.1 Å². The number of nitrogens with zero attached hydrogens (tertiary/aromatic N) is 1. The van der Waals surface area contributed by atoms with E-state index in [2.05, 4.69) is 24.1 Å². The summed E-state index contributed by atoms with van der Waals surface area (Å²) in [6.07, 6.45) is 1.01. The number of aliphatic carboxylic acids is 1. The molecule has 2 N–H and O–H groups in total. The maximum Gasteiger partial charge on any atom is 0.303 e. The number of rotatable bonds is 9. The number of pyridine rings is 1. The van der Waals surface area contributed by atoms with Crippen molar-refractivity contribution in [2.24, 2.45) is 0 Å². The summed E-state index contributed by atoms with van der Waals surface area (Å²) in [5, 5.41) is 12.4. The molecule has 1 aromatic carbocycles. The highest BCUT2D eigenvalue weighted by Gasteiger charge is 2.13. The Morgan fingerprint density at radius 1 is 1.23 bits per heavy atom. The van der Waals surface area contributed by atoms with Crippen molar-refractivity contribution in [2.75, 3.05) is 11.9 Å². The summed E-state index contributed by atoms with van der Waals surface area (Å²) in [7, 11) is 0. The van der Waals surface area contributed by atoms with E-state index in [9.17, 15) is 13.6 Å². The lowest BCUT2D eigenvalue weighted by Gasteiger charge is -2.11. The van der Waals surface area contributed by atoms with Crippen molar-refractivity contribution in [2.45, 2.75) is 43.4 Å². The predicted molar refractivity (Wildman–Crippen MR) is 101 cm³/mol. The number of benzene rings is 1. The van der Waals surface area contributed by atoms with Crippen LogP contribution in [-0.4, -0.2) is 27.9 Å². The first-order chi connectivity index (χ1) is 12.4. The summed E-state index contributed by atoms with van der Waals surface area (Å²) in [5.41, 5.74) is 0.695. The van der Waals surface area contributed by atoms with Gasteiger partial charge in [-0.3, -0.25) is 4.79 Å². The third-order valence-electron chi connectivity index (χ3n) is 3.54. The van der Waals surface area contributed by atoms with E-state index in [1.165, 1.54) is 12.1 Å². The molecule has 0 amide bonds. The van der Waals surface area contributed by atoms with Gasteiger partial charge in [0.1, 0.15) is 17.3 Å². The summed E-state index contributed by atoms with van der Waals surface area (Å²) in [6.45, 7) is 4.41. The number of hydrogen-bond acceptors (Lipinski definition) is 4. The van der Waals surface area contributed by atoms with Gasteiger partial charge >= 0.3 is 5.97 Å². The summed E-state index contributed by atoms with van der Waals surface area (Å²) in [6, 6.07) is 7.92. The van der Waals surface area contributed by atoms with Gasteiger partial charge in [0, 0.05) is 23.8 Å². The molecule has 0 unspecified atom stereocenters. The minimum absolute atomic E-state index is 0.0436. The van der Waals surface area contributed by atoms with E-state index in [-0.39, 0.29) is 12.1 Å². The number of unbranched alkanes of at least 4 members (excludes halogenated alkanes) is 1. The monoisotopic (exact) mass is 380 g/mol. The van der Waals surface area contributed by atoms with Crippen LogP contribution in [0.5, 0.6) is 0 Å². The number of hydrogen-bond donors (Lipinski definition) is 2. The van der Waals surface area contributed by atoms with E-state index < -0.39 is 17.6 Å². The molecule has 0 fully saturated rings. The highest BCUT2D eigenvalue weighted by atomic mass is 32.2. The second kappa shape index (κ2) is 9.52. The third kappa shape index (κ3) is 5.98. The van der Waals surface area contributed by atoms with E-state index >= 15 is 0 Å². The Morgan fingerprint density at radius 3 is 2.54 bits per heavy atom. The Kier molecular flexibility index (Phi) is 7.38. The molecule has 0 aliphatic carbocycles. The van der Waals surface area contributed by atoms with Crippen molar-refractivity contribution < 1.29 is 18.7 Å². The fourth-order valence-corrected chi connectivity index (χ4v) is 3.18. The van der Waals surface area contributed by atoms with Crippen LogP contribution in [0.2, 0.25) is 0 Å². The van der Waals surface area contributed by atoms with E-state index in [0.717, 1.165) is 5.03 Å². The Morgan fingerprint density at radius 2 is 1.92 bits per heavy atom. The molecular formula is C19H22F2N2O2S. The molecule has 7 heteroatoms. The van der Waals surface area contributed by atoms with Gasteiger partial charge in [-0.15, -0.1) is 11.8 Å². The average molecular weight is 380 g/mol. The van der Waals surface area contributed by atoms with E-state index in [4.69, 9.17) is 5.11 Å². The molecule has 0 saturated heterocycles. The zero-order valence-electron chi connectivity index (χ0n) is 14.8. The van der Waals surface area contributed by atoms with Crippen LogP contribution in [0.4, 0.5) is 14.5 Å². The fraction of sp³-hybridized carbons (Fsp3) is 0.368. The first kappa shape index (κ1) is 20.2. The normalized spacial score (nSPS) is 11.0. The van der Waals surface area contributed by atoms with E-state index in [1.807, 2.05) is 12.1 Å². The number of carbonyl (C=O) groups is 1. The molecule has 2 rings (SSSR count). The zero-order valence-corrected chi connectivity index (χ0v) is 15.6. The van der Waals surface area contributed by atoms with Gasteiger partial charge in [0.05, 0.1) is 10.7 Å². The smallest absolute Gasteiger partial charge is 0.303 e. The fourth-order valence-electron chi connectivity index (χ4n) is 2.39. The van der Waals surface area contributed by atoms with Gasteiger partial charge in [-0.25, -0.2) is 13.8 Å². The van der Waals surface area contributed by atoms with E-state index in [1.54, 1.807) is 17.8 Å². The highest BCUT2D eigenvalue weighted by molar-refractivity contribution is 7.99. The molecule has 4 nitrogen and oxygen atoms in total. The Balaban J connectivity index is 2.10. The molecule has 1 aromatic heterocycles. The average Bonchev–Trinajstić information content (AvgIpc) is 2.56. The van der Waals surface area contributed by atoms with Gasteiger partial charge in [-0.2, -0.15) is 0 Å². The first-order valence-corrected chi connectivity index (χ1v) is 9.33. The maximum atomic E-state index is 14.3. The number of aromatic nitrogens is 1. The van der Waals surface area contributed by atoms with E-state index in [0.29, 0.717) is 35.9 Å². The van der Waals surface area contributed by atoms with Gasteiger partial charge in [0.2, 0.25) is 0 Å². The largest absolute Gasteiger partial charge is 0.481 e. The number of carboxylic acid groups (broad SMARTS) is 1. The van der Waals surface area contributed by atoms with Crippen molar-refractivity contribution in [3.05, 3.63) is 42.0 Å². The molecule has 0 bridgehead atoms. The number of anilines is 1. The van der Waals surface area contributed by atoms with Gasteiger partial charge in [0.25, 0.3) is 0 Å². The molecule has 140 valence electrons. The van der Waals surface area contributed by atoms with Crippen molar-refractivity contribution in [3.63, 3.8) is 0 Å². The third-order valence-corrected chi connectivity index (χ3v) is 4.48. The lowest BCUT2D eigenvalue weighted by molar-refractivity contribution is -0.137. The lowest BCUT2D eigenvalue weighted by atomic mass is 10.1. The number of carboxylic acids is 1. The molecule has 0 aliphatic heterocycles. The van der Waals surface area contributed by atoms with Gasteiger partial charge in [-0.1, -0.05) is 19.9 Å². The number of nitrogens with one attached hydrogen (secondary N) is 1. The van der Waals surface area contributed by atoms with Crippen LogP contribution in [0.3, 0.4) is 0 Å². The van der Waals surface area contributed by atoms with Crippen molar-refractivity contribution in [3.8, 4) is 11.3 Å². The Hall–Kier alpha value is -2.15. The Labute approximate surface area is 156 Å². The van der Waals surface area contributed by atoms with Crippen LogP contribution in [0.25, 0.3) is 11.3 Å². The summed E-state index contributed by atoms with van der Waals surface area (Å²) >= 11 is 1.58. The lowest BCUT2D eigenvalue weighted by Crippen LogP contribution is -2.07. The van der Waals surface area contributed by atoms with Crippen LogP contribution in [0, 0.1) is 11.6 Å². The molecule has 0 atom stereocenters. The first-order valence-electron chi connectivity index (χ1n) is 8.45. The van der Waals surface area contributed by atoms with Crippen LogP contribution in [-0.2, 0) is 4.79 Å². The second-order valence-corrected chi connectivity index (χ2v) is 7.72. The summed E-state index contributed by atoms with van der Waals surface area (Å²) < 4.78 is 28.6. The number of halogens is 2. The van der Waals surface area contributed by atoms with Crippen molar-refractivity contribution in [1.29, 1.82) is 0 Å². The molecule has 0 spiro atoms. The Bertz CT molecular complexity index is 746. The molecule has 1 heterocycles. The zero-order chi connectivity index (χ0) is 19.1. The minimum atomic E-state index is -0.878. The van der Waals surface area contributed by atoms with Crippen molar-refractivity contribution >= 4 is 23.4 Å². The molecule has 0 radical (unpaired) electrons. The molecule has 2 aromatic rings. The standard InChI is InChI=1S/C19H22F2N2O2S/c1-12(2)26-17-7-5-6-16(23-17)13-10-14(20)19(15(21)11-13)22-9-4-3-8-18(24)25/h5-7,10-12,22H,3-4,8-9H2,1-2H3,(H,24,25). The van der Waals surface area contributed by atoms with Crippen LogP contribution in [0.1, 0.15) is 33.1 Å². The second-order valence-electron chi connectivity index (χ2n) is 6.12. The molecule has 26 heavy (non-hydrogen) atoms. The topological polar surface area (TPSA) is 62.2 Å². The molecule has 0 saturated carbocycles. The van der Waals surface area contributed by atoms with Crippen LogP contribution in [0.15, 0.2) is 35.4 Å². The van der Waals surface area contributed by atoms with Gasteiger partial charge < -0.3 is 10.4 Å². The molecular weight excluding hydrogens is 358 g/mol. The highest BCUT2D eigenvalue weighted by Crippen LogP contribution is 2.29. The van der Waals surface area contributed by atoms with Gasteiger partial charge in [0.15, 0.2) is 0 Å². The van der Waals surface area contributed by atoms with Crippen molar-refractivity contribution in [1.82, 2.24) is 4.98 Å².